The molecule has 5 nitrogen and oxygen atoms in total. The first kappa shape index (κ1) is 21.1. The van der Waals surface area contributed by atoms with Gasteiger partial charge < -0.3 is 9.83 Å². The normalized spacial score (nSPS) is 12.4. The summed E-state index contributed by atoms with van der Waals surface area (Å²) in [4.78, 5) is 17.7. The maximum absolute atomic E-state index is 13.0. The molecule has 0 aliphatic carbocycles. The van der Waals surface area contributed by atoms with Crippen molar-refractivity contribution in [3.05, 3.63) is 61.1 Å². The molecule has 0 bridgehead atoms. The summed E-state index contributed by atoms with van der Waals surface area (Å²) in [6, 6.07) is 2.27. The SMILES string of the molecule is [C-]#[N+]c1nn(-c2c(Cl)cc(C(F)(F)F)cc2Cl)c2[nH]c(=O)cc(C(Cl)(Cl)Cl)c12. The van der Waals surface area contributed by atoms with Gasteiger partial charge in [-0.25, -0.2) is 0 Å². The van der Waals surface area contributed by atoms with Gasteiger partial charge in [0.2, 0.25) is 9.35 Å². The minimum absolute atomic E-state index is 0.0124. The minimum atomic E-state index is -4.68. The topological polar surface area (TPSA) is 55.0 Å². The van der Waals surface area contributed by atoms with Crippen molar-refractivity contribution >= 4 is 74.9 Å². The lowest BCUT2D eigenvalue weighted by Crippen LogP contribution is -2.13. The maximum atomic E-state index is 13.0. The molecule has 0 radical (unpaired) electrons. The summed E-state index contributed by atoms with van der Waals surface area (Å²) in [6.45, 7) is 7.29. The number of H-pyrrole nitrogens is 1. The highest BCUT2D eigenvalue weighted by atomic mass is 35.6. The molecule has 0 atom stereocenters. The summed E-state index contributed by atoms with van der Waals surface area (Å²) in [6.07, 6.45) is -4.68. The van der Waals surface area contributed by atoms with E-state index in [-0.39, 0.29) is 28.1 Å². The Morgan fingerprint density at radius 3 is 2.14 bits per heavy atom. The van der Waals surface area contributed by atoms with Crippen LogP contribution in [0.5, 0.6) is 0 Å². The van der Waals surface area contributed by atoms with Crippen LogP contribution < -0.4 is 5.56 Å². The van der Waals surface area contributed by atoms with E-state index in [4.69, 9.17) is 64.6 Å². The lowest BCUT2D eigenvalue weighted by atomic mass is 10.2. The number of aromatic nitrogens is 3. The first-order valence-corrected chi connectivity index (χ1v) is 8.91. The number of benzene rings is 1. The largest absolute Gasteiger partial charge is 0.416 e. The van der Waals surface area contributed by atoms with Crippen molar-refractivity contribution < 1.29 is 13.2 Å². The summed E-state index contributed by atoms with van der Waals surface area (Å²) < 4.78 is 37.7. The van der Waals surface area contributed by atoms with Crippen LogP contribution in [0.25, 0.3) is 21.6 Å². The molecule has 0 aliphatic rings. The first-order valence-electron chi connectivity index (χ1n) is 7.02. The summed E-state index contributed by atoms with van der Waals surface area (Å²) in [7, 11) is 0. The zero-order valence-corrected chi connectivity index (χ0v) is 16.8. The Balaban J connectivity index is 2.43. The van der Waals surface area contributed by atoms with Gasteiger partial charge in [0.1, 0.15) is 5.69 Å². The molecule has 3 rings (SSSR count). The van der Waals surface area contributed by atoms with E-state index < -0.39 is 31.1 Å². The van der Waals surface area contributed by atoms with Gasteiger partial charge in [0.15, 0.2) is 5.65 Å². The number of halogens is 8. The quantitative estimate of drug-likeness (QED) is 0.316. The summed E-state index contributed by atoms with van der Waals surface area (Å²) in [5.41, 5.74) is -2.22. The van der Waals surface area contributed by atoms with Crippen LogP contribution in [0.3, 0.4) is 0 Å². The smallest absolute Gasteiger partial charge is 0.358 e. The van der Waals surface area contributed by atoms with Gasteiger partial charge in [-0.1, -0.05) is 64.6 Å². The lowest BCUT2D eigenvalue weighted by Gasteiger charge is -2.13. The van der Waals surface area contributed by atoms with Crippen LogP contribution in [0.15, 0.2) is 23.0 Å². The Bertz CT molecular complexity index is 1180. The van der Waals surface area contributed by atoms with Crippen molar-refractivity contribution in [3.8, 4) is 5.69 Å². The average molecular weight is 490 g/mol. The molecule has 0 saturated heterocycles. The van der Waals surface area contributed by atoms with Gasteiger partial charge in [-0.15, -0.1) is 4.68 Å². The van der Waals surface area contributed by atoms with Crippen molar-refractivity contribution in [1.82, 2.24) is 14.8 Å². The zero-order valence-electron chi connectivity index (χ0n) is 13.0. The van der Waals surface area contributed by atoms with E-state index in [0.29, 0.717) is 12.1 Å². The number of alkyl halides is 6. The third-order valence-electron chi connectivity index (χ3n) is 3.62. The van der Waals surface area contributed by atoms with Crippen LogP contribution in [0, 0.1) is 6.57 Å². The van der Waals surface area contributed by atoms with Crippen molar-refractivity contribution in [2.75, 3.05) is 0 Å². The number of nitrogens with zero attached hydrogens (tertiary/aromatic N) is 3. The van der Waals surface area contributed by atoms with Crippen LogP contribution in [0.4, 0.5) is 19.0 Å². The number of nitrogens with one attached hydrogen (secondary N) is 1. The number of hydrogen-bond donors (Lipinski definition) is 1. The van der Waals surface area contributed by atoms with Crippen molar-refractivity contribution in [1.29, 1.82) is 0 Å². The molecular weight excluding hydrogens is 486 g/mol. The zero-order chi connectivity index (χ0) is 21.0. The molecular formula is C15H4Cl5F3N4O. The average Bonchev–Trinajstić information content (AvgIpc) is 2.90. The number of fused-ring (bicyclic) bond motifs is 1. The van der Waals surface area contributed by atoms with Gasteiger partial charge in [-0.05, 0) is 17.2 Å². The molecule has 0 aliphatic heterocycles. The molecule has 2 heterocycles. The fourth-order valence-electron chi connectivity index (χ4n) is 2.52. The van der Waals surface area contributed by atoms with Gasteiger partial charge >= 0.3 is 12.0 Å². The summed E-state index contributed by atoms with van der Waals surface area (Å²) >= 11 is 29.7. The third-order valence-corrected chi connectivity index (χ3v) is 4.81. The van der Waals surface area contributed by atoms with Crippen molar-refractivity contribution in [2.24, 2.45) is 0 Å². The van der Waals surface area contributed by atoms with Crippen LogP contribution in [0.1, 0.15) is 11.1 Å². The van der Waals surface area contributed by atoms with Crippen molar-refractivity contribution in [3.63, 3.8) is 0 Å². The molecule has 3 aromatic rings. The van der Waals surface area contributed by atoms with Gasteiger partial charge in [0, 0.05) is 11.6 Å². The Hall–Kier alpha value is -1.63. The molecule has 0 spiro atoms. The first-order chi connectivity index (χ1) is 12.8. The fourth-order valence-corrected chi connectivity index (χ4v) is 3.62. The number of hydrogen-bond acceptors (Lipinski definition) is 2. The van der Waals surface area contributed by atoms with E-state index >= 15 is 0 Å². The highest BCUT2D eigenvalue weighted by molar-refractivity contribution is 6.67. The minimum Gasteiger partial charge on any atom is -0.358 e. The van der Waals surface area contributed by atoms with E-state index in [9.17, 15) is 18.0 Å². The van der Waals surface area contributed by atoms with Gasteiger partial charge in [0.05, 0.1) is 21.0 Å². The lowest BCUT2D eigenvalue weighted by molar-refractivity contribution is -0.137. The van der Waals surface area contributed by atoms with Crippen LogP contribution >= 0.6 is 58.0 Å². The Kier molecular flexibility index (Phi) is 5.28. The Labute approximate surface area is 179 Å². The summed E-state index contributed by atoms with van der Waals surface area (Å²) in [5, 5.41) is 3.13. The number of pyridine rings is 1. The summed E-state index contributed by atoms with van der Waals surface area (Å²) in [5.74, 6) is -0.278. The molecule has 2 aromatic heterocycles. The number of rotatable bonds is 1. The standard InChI is InChI=1S/C15H4Cl5F3N4O/c1-24-12-10-6(14(18,19)20)4-9(28)25-13(10)27(26-12)11-7(16)2-5(3-8(11)17)15(21,22)23/h2-4H,(H,25,28). The Morgan fingerprint density at radius 1 is 1.11 bits per heavy atom. The molecule has 0 amide bonds. The molecule has 146 valence electrons. The molecule has 0 fully saturated rings. The molecule has 1 N–H and O–H groups in total. The Morgan fingerprint density at radius 2 is 1.68 bits per heavy atom. The second kappa shape index (κ2) is 7.01. The second-order valence-corrected chi connectivity index (χ2v) is 8.50. The van der Waals surface area contributed by atoms with E-state index in [1.165, 1.54) is 0 Å². The predicted molar refractivity (Wildman–Crippen MR) is 102 cm³/mol. The highest BCUT2D eigenvalue weighted by Gasteiger charge is 2.34. The molecule has 13 heteroatoms. The molecule has 1 aromatic carbocycles. The second-order valence-electron chi connectivity index (χ2n) is 5.40. The van der Waals surface area contributed by atoms with E-state index in [2.05, 4.69) is 14.9 Å². The van der Waals surface area contributed by atoms with E-state index in [1.54, 1.807) is 0 Å². The fraction of sp³-hybridized carbons (Fsp3) is 0.133. The molecule has 0 saturated carbocycles. The highest BCUT2D eigenvalue weighted by Crippen LogP contribution is 2.45. The van der Waals surface area contributed by atoms with E-state index in [1.807, 2.05) is 0 Å². The van der Waals surface area contributed by atoms with Crippen LogP contribution in [-0.4, -0.2) is 14.8 Å². The van der Waals surface area contributed by atoms with Gasteiger partial charge in [0.25, 0.3) is 0 Å². The number of aromatic amines is 1. The van der Waals surface area contributed by atoms with E-state index in [0.717, 1.165) is 10.7 Å². The third kappa shape index (κ3) is 3.65. The van der Waals surface area contributed by atoms with Crippen LogP contribution in [0.2, 0.25) is 10.0 Å². The predicted octanol–water partition coefficient (Wildman–Crippen LogP) is 6.42. The van der Waals surface area contributed by atoms with Crippen LogP contribution in [-0.2, 0) is 9.97 Å². The maximum Gasteiger partial charge on any atom is 0.416 e. The molecule has 28 heavy (non-hydrogen) atoms. The van der Waals surface area contributed by atoms with Gasteiger partial charge in [-0.3, -0.25) is 4.79 Å². The van der Waals surface area contributed by atoms with Crippen molar-refractivity contribution in [2.45, 2.75) is 9.97 Å². The van der Waals surface area contributed by atoms with Gasteiger partial charge in [-0.2, -0.15) is 13.2 Å². The monoisotopic (exact) mass is 488 g/mol. The molecule has 0 unspecified atom stereocenters.